The molecule has 2 rings (SSSR count). The monoisotopic (exact) mass is 303 g/mol. The molecule has 0 aromatic carbocycles. The van der Waals surface area contributed by atoms with Gasteiger partial charge in [-0.2, -0.15) is 0 Å². The summed E-state index contributed by atoms with van der Waals surface area (Å²) in [7, 11) is 0. The third-order valence-electron chi connectivity index (χ3n) is 1.84. The standard InChI is InChI=1S/C6HCl5O2.Na/c7-1-2(8)4(10)6(12)5(11,13-6)3(1)9;/h12H;. The third-order valence-corrected chi connectivity index (χ3v) is 4.41. The predicted molar refractivity (Wildman–Crippen MR) is 57.8 cm³/mol. The summed E-state index contributed by atoms with van der Waals surface area (Å²) in [5, 5.41) is 7.78. The number of fused-ring (bicyclic) bond motifs is 1. The molecular formula is C6HCl5NaO2. The molecule has 1 aliphatic carbocycles. The van der Waals surface area contributed by atoms with Crippen LogP contribution in [0.2, 0.25) is 0 Å². The summed E-state index contributed by atoms with van der Waals surface area (Å²) < 4.78 is 4.79. The van der Waals surface area contributed by atoms with Crippen molar-refractivity contribution in [1.82, 2.24) is 0 Å². The molecule has 2 atom stereocenters. The molecule has 2 unspecified atom stereocenters. The van der Waals surface area contributed by atoms with Crippen LogP contribution in [0, 0.1) is 0 Å². The summed E-state index contributed by atoms with van der Waals surface area (Å²) in [4.78, 5) is 0. The molecule has 0 saturated carbocycles. The Kier molecular flexibility index (Phi) is 3.93. The fourth-order valence-electron chi connectivity index (χ4n) is 1.04. The normalized spacial score (nSPS) is 40.7. The van der Waals surface area contributed by atoms with E-state index < -0.39 is 10.8 Å². The van der Waals surface area contributed by atoms with Gasteiger partial charge in [0.2, 0.25) is 5.06 Å². The van der Waals surface area contributed by atoms with Gasteiger partial charge in [0.15, 0.2) is 0 Å². The van der Waals surface area contributed by atoms with E-state index in [1.54, 1.807) is 0 Å². The largest absolute Gasteiger partial charge is 0.357 e. The van der Waals surface area contributed by atoms with E-state index in [-0.39, 0.29) is 49.7 Å². The maximum Gasteiger partial charge on any atom is 0.257 e. The number of rotatable bonds is 0. The molecule has 1 fully saturated rings. The van der Waals surface area contributed by atoms with E-state index in [4.69, 9.17) is 62.7 Å². The third kappa shape index (κ3) is 1.52. The molecule has 14 heavy (non-hydrogen) atoms. The first-order chi connectivity index (χ1) is 5.84. The second-order valence-electron chi connectivity index (χ2n) is 2.60. The summed E-state index contributed by atoms with van der Waals surface area (Å²) in [6.07, 6.45) is 0. The number of aliphatic hydroxyl groups is 1. The number of hydrogen-bond acceptors (Lipinski definition) is 2. The van der Waals surface area contributed by atoms with Crippen molar-refractivity contribution in [2.24, 2.45) is 0 Å². The summed E-state index contributed by atoms with van der Waals surface area (Å²) in [5.74, 6) is -1.83. The summed E-state index contributed by atoms with van der Waals surface area (Å²) in [6.45, 7) is 0. The molecule has 8 heteroatoms. The molecule has 1 N–H and O–H groups in total. The molecule has 0 aromatic heterocycles. The zero-order valence-electron chi connectivity index (χ0n) is 6.75. The Balaban J connectivity index is 0.000000980. The van der Waals surface area contributed by atoms with Crippen molar-refractivity contribution >= 4 is 87.6 Å². The van der Waals surface area contributed by atoms with Gasteiger partial charge in [-0.15, -0.1) is 0 Å². The van der Waals surface area contributed by atoms with Gasteiger partial charge in [0, 0.05) is 29.6 Å². The second kappa shape index (κ2) is 3.95. The van der Waals surface area contributed by atoms with Crippen LogP contribution in [-0.2, 0) is 4.74 Å². The van der Waals surface area contributed by atoms with Gasteiger partial charge in [0.05, 0.1) is 15.1 Å². The van der Waals surface area contributed by atoms with Crippen LogP contribution >= 0.6 is 58.0 Å². The van der Waals surface area contributed by atoms with E-state index in [0.29, 0.717) is 0 Å². The van der Waals surface area contributed by atoms with Gasteiger partial charge >= 0.3 is 0 Å². The van der Waals surface area contributed by atoms with Crippen LogP contribution in [0.15, 0.2) is 20.1 Å². The summed E-state index contributed by atoms with van der Waals surface area (Å²) in [5.41, 5.74) is 0. The molecule has 1 saturated heterocycles. The van der Waals surface area contributed by atoms with Crippen molar-refractivity contribution in [1.29, 1.82) is 0 Å². The van der Waals surface area contributed by atoms with E-state index in [9.17, 15) is 5.11 Å². The second-order valence-corrected chi connectivity index (χ2v) is 4.64. The fraction of sp³-hybridized carbons (Fsp3) is 0.333. The van der Waals surface area contributed by atoms with Crippen LogP contribution in [0.3, 0.4) is 0 Å². The van der Waals surface area contributed by atoms with Crippen molar-refractivity contribution < 1.29 is 9.84 Å². The average Bonchev–Trinajstić information content (AvgIpc) is 2.66. The SMILES string of the molecule is OC12OC1(Cl)C(Cl)=C(Cl)C(Cl)=C2Cl.[Na]. The Bertz CT molecular complexity index is 333. The molecule has 0 aromatic rings. The molecule has 0 spiro atoms. The zero-order chi connectivity index (χ0) is 10.0. The molecule has 1 heterocycles. The molecular weight excluding hydrogens is 304 g/mol. The molecule has 0 bridgehead atoms. The first-order valence-electron chi connectivity index (χ1n) is 3.08. The molecule has 1 aliphatic heterocycles. The van der Waals surface area contributed by atoms with E-state index >= 15 is 0 Å². The van der Waals surface area contributed by atoms with Crippen molar-refractivity contribution in [3.8, 4) is 0 Å². The van der Waals surface area contributed by atoms with Crippen LogP contribution in [0.1, 0.15) is 0 Å². The Morgan fingerprint density at radius 2 is 1.43 bits per heavy atom. The van der Waals surface area contributed by atoms with Gasteiger partial charge in [-0.3, -0.25) is 0 Å². The van der Waals surface area contributed by atoms with Crippen LogP contribution in [0.4, 0.5) is 0 Å². The zero-order valence-corrected chi connectivity index (χ0v) is 12.5. The van der Waals surface area contributed by atoms with Gasteiger partial charge in [-0.1, -0.05) is 58.0 Å². The molecule has 2 aliphatic rings. The minimum Gasteiger partial charge on any atom is -0.357 e. The average molecular weight is 305 g/mol. The molecule has 1 radical (unpaired) electrons. The Labute approximate surface area is 127 Å². The van der Waals surface area contributed by atoms with E-state index in [0.717, 1.165) is 0 Å². The Hall–Kier alpha value is 1.85. The van der Waals surface area contributed by atoms with Crippen LogP contribution in [-0.4, -0.2) is 45.5 Å². The van der Waals surface area contributed by atoms with Gasteiger partial charge in [0.25, 0.3) is 5.79 Å². The van der Waals surface area contributed by atoms with Crippen molar-refractivity contribution in [3.63, 3.8) is 0 Å². The first-order valence-corrected chi connectivity index (χ1v) is 4.97. The number of epoxide rings is 1. The smallest absolute Gasteiger partial charge is 0.257 e. The molecule has 2 nitrogen and oxygen atoms in total. The number of ether oxygens (including phenoxy) is 1. The molecule has 73 valence electrons. The van der Waals surface area contributed by atoms with Crippen molar-refractivity contribution in [2.75, 3.05) is 0 Å². The Morgan fingerprint density at radius 3 is 1.93 bits per heavy atom. The van der Waals surface area contributed by atoms with Crippen LogP contribution in [0.25, 0.3) is 0 Å². The minimum absolute atomic E-state index is 0. The quantitative estimate of drug-likeness (QED) is 0.424. The van der Waals surface area contributed by atoms with Crippen molar-refractivity contribution in [2.45, 2.75) is 10.8 Å². The summed E-state index contributed by atoms with van der Waals surface area (Å²) in [6, 6.07) is 0. The fourth-order valence-corrected chi connectivity index (χ4v) is 2.51. The van der Waals surface area contributed by atoms with Gasteiger partial charge in [-0.05, 0) is 0 Å². The number of alkyl halides is 1. The number of halogens is 5. The predicted octanol–water partition coefficient (Wildman–Crippen LogP) is 2.65. The van der Waals surface area contributed by atoms with Crippen LogP contribution < -0.4 is 0 Å². The minimum atomic E-state index is -1.83. The maximum absolute atomic E-state index is 9.63. The maximum atomic E-state index is 9.63. The Morgan fingerprint density at radius 1 is 1.00 bits per heavy atom. The van der Waals surface area contributed by atoms with E-state index in [2.05, 4.69) is 0 Å². The molecule has 0 amide bonds. The topological polar surface area (TPSA) is 32.8 Å². The van der Waals surface area contributed by atoms with Gasteiger partial charge in [0.1, 0.15) is 5.03 Å². The van der Waals surface area contributed by atoms with Crippen molar-refractivity contribution in [3.05, 3.63) is 20.1 Å². The van der Waals surface area contributed by atoms with Gasteiger partial charge in [-0.25, -0.2) is 0 Å². The van der Waals surface area contributed by atoms with E-state index in [1.165, 1.54) is 0 Å². The number of allylic oxidation sites excluding steroid dienone is 2. The number of hydrogen-bond donors (Lipinski definition) is 1. The van der Waals surface area contributed by atoms with Gasteiger partial charge < -0.3 is 9.84 Å². The summed E-state index contributed by atoms with van der Waals surface area (Å²) >= 11 is 28.5. The van der Waals surface area contributed by atoms with Crippen LogP contribution in [0.5, 0.6) is 0 Å². The first kappa shape index (κ1) is 13.9. The van der Waals surface area contributed by atoms with E-state index in [1.807, 2.05) is 0 Å².